The summed E-state index contributed by atoms with van der Waals surface area (Å²) in [5.74, 6) is 1.31. The van der Waals surface area contributed by atoms with Crippen molar-refractivity contribution in [3.63, 3.8) is 0 Å². The number of fused-ring (bicyclic) bond motifs is 1. The van der Waals surface area contributed by atoms with E-state index in [1.54, 1.807) is 6.07 Å². The molecule has 1 aromatic heterocycles. The van der Waals surface area contributed by atoms with Gasteiger partial charge in [-0.2, -0.15) is 5.26 Å². The Labute approximate surface area is 257 Å². The molecule has 1 N–H and O–H groups in total. The molecule has 1 aliphatic rings. The van der Waals surface area contributed by atoms with Crippen molar-refractivity contribution in [2.75, 3.05) is 30.0 Å². The number of sulfonamides is 1. The minimum atomic E-state index is -3.54. The highest BCUT2D eigenvalue weighted by Crippen LogP contribution is 2.38. The molecule has 0 fully saturated rings. The van der Waals surface area contributed by atoms with E-state index in [1.807, 2.05) is 30.3 Å². The summed E-state index contributed by atoms with van der Waals surface area (Å²) in [5.41, 5.74) is 4.20. The Morgan fingerprint density at radius 1 is 1.14 bits per heavy atom. The molecule has 0 bridgehead atoms. The SMILES string of the molecule is CC(C)N1CCc2c(COc3ccc(C(C)(C)c4cc(Cl)c(OCCCl)c(C#N)c4)cc3)nc(NS(C)(=O)=O)nc2C1. The molecule has 4 rings (SSSR count). The summed E-state index contributed by atoms with van der Waals surface area (Å²) in [6, 6.07) is 13.8. The number of ether oxygens (including phenoxy) is 2. The minimum Gasteiger partial charge on any atom is -0.489 e. The minimum absolute atomic E-state index is 0.0482. The highest BCUT2D eigenvalue weighted by atomic mass is 35.5. The monoisotopic (exact) mass is 631 g/mol. The largest absolute Gasteiger partial charge is 0.489 e. The van der Waals surface area contributed by atoms with Gasteiger partial charge in [-0.15, -0.1) is 11.6 Å². The Bertz CT molecular complexity index is 1590. The van der Waals surface area contributed by atoms with Crippen LogP contribution in [0.3, 0.4) is 0 Å². The molecule has 224 valence electrons. The topological polar surface area (TPSA) is 117 Å². The zero-order chi connectivity index (χ0) is 30.7. The first-order chi connectivity index (χ1) is 19.8. The van der Waals surface area contributed by atoms with Crippen LogP contribution in [-0.2, 0) is 35.0 Å². The van der Waals surface area contributed by atoms with Crippen LogP contribution in [0.25, 0.3) is 0 Å². The molecule has 42 heavy (non-hydrogen) atoms. The van der Waals surface area contributed by atoms with Gasteiger partial charge in [0.1, 0.15) is 25.0 Å². The molecule has 0 radical (unpaired) electrons. The maximum atomic E-state index is 11.9. The third-order valence-electron chi connectivity index (χ3n) is 7.35. The summed E-state index contributed by atoms with van der Waals surface area (Å²) in [7, 11) is -3.54. The van der Waals surface area contributed by atoms with Crippen molar-refractivity contribution in [1.29, 1.82) is 5.26 Å². The predicted octanol–water partition coefficient (Wildman–Crippen LogP) is 5.66. The van der Waals surface area contributed by atoms with Crippen LogP contribution >= 0.6 is 23.2 Å². The van der Waals surface area contributed by atoms with Crippen molar-refractivity contribution in [2.24, 2.45) is 0 Å². The van der Waals surface area contributed by atoms with Gasteiger partial charge in [-0.1, -0.05) is 37.6 Å². The summed E-state index contributed by atoms with van der Waals surface area (Å²) < 4.78 is 37.9. The molecule has 0 spiro atoms. The van der Waals surface area contributed by atoms with E-state index in [-0.39, 0.29) is 25.0 Å². The zero-order valence-corrected chi connectivity index (χ0v) is 26.7. The second-order valence-electron chi connectivity index (χ2n) is 11.0. The van der Waals surface area contributed by atoms with Gasteiger partial charge in [0.05, 0.1) is 34.1 Å². The second-order valence-corrected chi connectivity index (χ2v) is 13.6. The van der Waals surface area contributed by atoms with E-state index in [0.717, 1.165) is 41.6 Å². The molecule has 0 saturated heterocycles. The molecule has 1 aliphatic heterocycles. The van der Waals surface area contributed by atoms with E-state index in [9.17, 15) is 13.7 Å². The van der Waals surface area contributed by atoms with Gasteiger partial charge in [-0.05, 0) is 55.7 Å². The first-order valence-corrected chi connectivity index (χ1v) is 16.4. The van der Waals surface area contributed by atoms with Gasteiger partial charge in [0, 0.05) is 30.1 Å². The Hall–Kier alpha value is -3.10. The van der Waals surface area contributed by atoms with E-state index in [0.29, 0.717) is 40.4 Å². The van der Waals surface area contributed by atoms with Crippen LogP contribution in [0.4, 0.5) is 5.95 Å². The van der Waals surface area contributed by atoms with Gasteiger partial charge >= 0.3 is 0 Å². The molecule has 0 unspecified atom stereocenters. The molecule has 2 heterocycles. The van der Waals surface area contributed by atoms with Gasteiger partial charge < -0.3 is 9.47 Å². The van der Waals surface area contributed by atoms with Gasteiger partial charge in [0.2, 0.25) is 16.0 Å². The third-order valence-corrected chi connectivity index (χ3v) is 8.34. The average molecular weight is 633 g/mol. The summed E-state index contributed by atoms with van der Waals surface area (Å²) in [6.07, 6.45) is 1.83. The molecule has 0 saturated carbocycles. The molecule has 12 heteroatoms. The van der Waals surface area contributed by atoms with Crippen LogP contribution in [-0.4, -0.2) is 54.6 Å². The number of hydrogen-bond acceptors (Lipinski definition) is 8. The lowest BCUT2D eigenvalue weighted by molar-refractivity contribution is 0.198. The Morgan fingerprint density at radius 3 is 2.48 bits per heavy atom. The van der Waals surface area contributed by atoms with E-state index < -0.39 is 15.4 Å². The molecule has 3 aromatic rings. The maximum absolute atomic E-state index is 11.9. The fourth-order valence-electron chi connectivity index (χ4n) is 4.91. The quantitative estimate of drug-likeness (QED) is 0.269. The summed E-state index contributed by atoms with van der Waals surface area (Å²) in [5, 5.41) is 10.1. The number of aromatic nitrogens is 2. The first-order valence-electron chi connectivity index (χ1n) is 13.6. The Balaban J connectivity index is 1.55. The number of rotatable bonds is 11. The second kappa shape index (κ2) is 13.0. The van der Waals surface area contributed by atoms with Crippen molar-refractivity contribution in [1.82, 2.24) is 14.9 Å². The van der Waals surface area contributed by atoms with Crippen molar-refractivity contribution in [2.45, 2.75) is 58.7 Å². The third kappa shape index (κ3) is 7.45. The van der Waals surface area contributed by atoms with Gasteiger partial charge in [-0.3, -0.25) is 9.62 Å². The fraction of sp³-hybridized carbons (Fsp3) is 0.433. The molecule has 0 aliphatic carbocycles. The Kier molecular flexibility index (Phi) is 9.88. The van der Waals surface area contributed by atoms with E-state index in [4.69, 9.17) is 32.7 Å². The van der Waals surface area contributed by atoms with Crippen LogP contribution < -0.4 is 14.2 Å². The molecule has 9 nitrogen and oxygen atoms in total. The van der Waals surface area contributed by atoms with Gasteiger partial charge in [-0.25, -0.2) is 18.4 Å². The van der Waals surface area contributed by atoms with E-state index in [1.165, 1.54) is 0 Å². The number of anilines is 1. The van der Waals surface area contributed by atoms with Crippen LogP contribution in [0.5, 0.6) is 11.5 Å². The van der Waals surface area contributed by atoms with Crippen LogP contribution in [0.1, 0.15) is 61.3 Å². The molecular formula is C30H35Cl2N5O4S. The normalized spacial score (nSPS) is 13.9. The lowest BCUT2D eigenvalue weighted by atomic mass is 9.77. The van der Waals surface area contributed by atoms with Crippen LogP contribution in [0.2, 0.25) is 5.02 Å². The number of nitrogens with one attached hydrogen (secondary N) is 1. The van der Waals surface area contributed by atoms with Crippen molar-refractivity contribution < 1.29 is 17.9 Å². The fourth-order valence-corrected chi connectivity index (χ4v) is 5.68. The maximum Gasteiger partial charge on any atom is 0.237 e. The van der Waals surface area contributed by atoms with Crippen molar-refractivity contribution in [3.05, 3.63) is 75.1 Å². The first kappa shape index (κ1) is 31.8. The molecule has 2 aromatic carbocycles. The summed E-state index contributed by atoms with van der Waals surface area (Å²) in [4.78, 5) is 11.3. The predicted molar refractivity (Wildman–Crippen MR) is 165 cm³/mol. The van der Waals surface area contributed by atoms with Crippen molar-refractivity contribution in [3.8, 4) is 17.6 Å². The highest BCUT2D eigenvalue weighted by Gasteiger charge is 2.27. The standard InChI is InChI=1S/C30H35Cl2N5O4S/c1-19(2)37-12-10-24-26(17-37)34-29(36-42(5,38)39)35-27(24)18-41-23-8-6-21(7-9-23)30(3,4)22-14-20(16-33)28(25(32)15-22)40-13-11-31/h6-9,14-15,19H,10-13,17-18H2,1-5H3,(H,34,35,36). The highest BCUT2D eigenvalue weighted by molar-refractivity contribution is 7.91. The Morgan fingerprint density at radius 2 is 1.86 bits per heavy atom. The lowest BCUT2D eigenvalue weighted by Gasteiger charge is -2.32. The number of halogens is 2. The average Bonchev–Trinajstić information content (AvgIpc) is 2.93. The number of nitrogens with zero attached hydrogens (tertiary/aromatic N) is 4. The van der Waals surface area contributed by atoms with E-state index in [2.05, 4.69) is 53.4 Å². The van der Waals surface area contributed by atoms with Crippen LogP contribution in [0, 0.1) is 11.3 Å². The summed E-state index contributed by atoms with van der Waals surface area (Å²) >= 11 is 12.2. The number of hydrogen-bond donors (Lipinski definition) is 1. The number of benzene rings is 2. The van der Waals surface area contributed by atoms with Crippen LogP contribution in [0.15, 0.2) is 36.4 Å². The molecule has 0 amide bonds. The van der Waals surface area contributed by atoms with E-state index >= 15 is 0 Å². The van der Waals surface area contributed by atoms with Gasteiger partial charge in [0.25, 0.3) is 0 Å². The zero-order valence-electron chi connectivity index (χ0n) is 24.4. The number of nitriles is 1. The van der Waals surface area contributed by atoms with Gasteiger partial charge in [0.15, 0.2) is 5.75 Å². The smallest absolute Gasteiger partial charge is 0.237 e. The van der Waals surface area contributed by atoms with Crippen molar-refractivity contribution >= 4 is 39.2 Å². The molecular weight excluding hydrogens is 597 g/mol. The molecule has 0 atom stereocenters. The number of alkyl halides is 1. The summed E-state index contributed by atoms with van der Waals surface area (Å²) in [6.45, 7) is 10.3. The lowest BCUT2D eigenvalue weighted by Crippen LogP contribution is -2.37.